The summed E-state index contributed by atoms with van der Waals surface area (Å²) < 4.78 is 12.0. The predicted molar refractivity (Wildman–Crippen MR) is 211 cm³/mol. The van der Waals surface area contributed by atoms with E-state index in [1.807, 2.05) is 43.3 Å². The first-order valence-corrected chi connectivity index (χ1v) is 20.2. The number of rotatable bonds is 14. The van der Waals surface area contributed by atoms with E-state index in [2.05, 4.69) is 12.1 Å². The zero-order valence-corrected chi connectivity index (χ0v) is 34.0. The van der Waals surface area contributed by atoms with Gasteiger partial charge in [-0.1, -0.05) is 61.4 Å². The van der Waals surface area contributed by atoms with Gasteiger partial charge in [-0.15, -0.1) is 0 Å². The lowest BCUT2D eigenvalue weighted by Crippen LogP contribution is -2.68. The molecule has 0 radical (unpaired) electrons. The summed E-state index contributed by atoms with van der Waals surface area (Å²) in [4.78, 5) is 89.5. The number of likely N-dealkylation sites (tertiary alicyclic amines) is 1. The van der Waals surface area contributed by atoms with Gasteiger partial charge in [0.05, 0.1) is 19.1 Å². The van der Waals surface area contributed by atoms with Crippen LogP contribution in [0.15, 0.2) is 48.5 Å². The Kier molecular flexibility index (Phi) is 12.6. The van der Waals surface area contributed by atoms with Crippen LogP contribution in [-0.2, 0) is 33.4 Å². The van der Waals surface area contributed by atoms with E-state index in [1.165, 1.54) is 45.6 Å². The molecule has 4 aliphatic rings. The van der Waals surface area contributed by atoms with E-state index in [0.29, 0.717) is 38.7 Å². The van der Waals surface area contributed by atoms with E-state index in [9.17, 15) is 33.9 Å². The van der Waals surface area contributed by atoms with E-state index in [0.717, 1.165) is 35.1 Å². The van der Waals surface area contributed by atoms with Crippen molar-refractivity contribution in [3.05, 3.63) is 59.7 Å². The molecule has 14 nitrogen and oxygen atoms in total. The molecule has 4 atom stereocenters. The number of aliphatic carboxylic acids is 1. The maximum Gasteiger partial charge on any atom is 0.410 e. The van der Waals surface area contributed by atoms with Crippen LogP contribution in [0.3, 0.4) is 0 Å². The lowest BCUT2D eigenvalue weighted by atomic mass is 9.73. The molecule has 3 aliphatic carbocycles. The summed E-state index contributed by atoms with van der Waals surface area (Å²) in [5.41, 5.74) is 3.09. The van der Waals surface area contributed by atoms with Crippen LogP contribution >= 0.6 is 0 Å². The average Bonchev–Trinajstić information content (AvgIpc) is 3.93. The third-order valence-electron chi connectivity index (χ3n) is 12.8. The maximum absolute atomic E-state index is 14.8. The van der Waals surface area contributed by atoms with Crippen LogP contribution in [-0.4, -0.2) is 150 Å². The Hall–Kier alpha value is -4.98. The van der Waals surface area contributed by atoms with Crippen molar-refractivity contribution >= 4 is 35.7 Å². The predicted octanol–water partition coefficient (Wildman–Crippen LogP) is 4.20. The molecule has 5 amide bonds. The Bertz CT molecular complexity index is 1810. The molecule has 1 aliphatic heterocycles. The van der Waals surface area contributed by atoms with Crippen molar-refractivity contribution in [2.45, 2.75) is 100 Å². The molecule has 1 heterocycles. The highest BCUT2D eigenvalue weighted by Gasteiger charge is 2.56. The van der Waals surface area contributed by atoms with Gasteiger partial charge in [0, 0.05) is 54.2 Å². The summed E-state index contributed by atoms with van der Waals surface area (Å²) in [6.45, 7) is 2.50. The number of hydrogen-bond acceptors (Lipinski definition) is 8. The van der Waals surface area contributed by atoms with Crippen LogP contribution in [0.1, 0.15) is 81.8 Å². The minimum atomic E-state index is -1.27. The number of amides is 5. The largest absolute Gasteiger partial charge is 0.481 e. The lowest BCUT2D eigenvalue weighted by Gasteiger charge is -2.51. The molecule has 6 rings (SSSR count). The molecule has 2 aromatic rings. The third-order valence-corrected chi connectivity index (χ3v) is 12.8. The smallest absolute Gasteiger partial charge is 0.410 e. The SMILES string of the molecule is CCO[C@@H]1C[C@@H](C(=O)N(C)C2(C(=O)N(C)[C@H](C(=O)N(C)[C@@H](CC(=O)O)C(=O)N(C)C)C3CCCC3)CCC2)N(C(=O)OCC2c3ccccc3-c3ccccc32)C1. The number of carboxylic acids is 1. The molecule has 0 bridgehead atoms. The van der Waals surface area contributed by atoms with E-state index in [4.69, 9.17) is 9.47 Å². The number of carbonyl (C=O) groups is 6. The van der Waals surface area contributed by atoms with Crippen molar-refractivity contribution in [1.29, 1.82) is 0 Å². The van der Waals surface area contributed by atoms with Gasteiger partial charge in [-0.3, -0.25) is 28.9 Å². The molecule has 2 aromatic carbocycles. The lowest BCUT2D eigenvalue weighted by molar-refractivity contribution is -0.165. The number of ether oxygens (including phenoxy) is 2. The number of carboxylic acid groups (broad SMARTS) is 1. The standard InChI is InChI=1S/C43H57N5O9/c1-7-56-28-23-35(48(25-28)42(55)57-26-33-31-19-12-10-17-29(31)30-18-11-13-20-32(30)33)39(52)47(6)43(21-14-22-43)41(54)46(5)37(27-15-8-9-16-27)40(53)45(4)34(24-36(49)50)38(51)44(2)3/h10-13,17-20,27-28,33-35,37H,7-9,14-16,21-26H2,1-6H3,(H,49,50)/t28-,34+,35+,37+/m1/s1. The fourth-order valence-corrected chi connectivity index (χ4v) is 9.53. The van der Waals surface area contributed by atoms with Gasteiger partial charge in [0.2, 0.25) is 23.6 Å². The Morgan fingerprint density at radius 3 is 1.96 bits per heavy atom. The maximum atomic E-state index is 14.8. The van der Waals surface area contributed by atoms with Crippen LogP contribution < -0.4 is 0 Å². The molecular weight excluding hydrogens is 730 g/mol. The monoisotopic (exact) mass is 787 g/mol. The third kappa shape index (κ3) is 7.97. The number of hydrogen-bond donors (Lipinski definition) is 1. The molecule has 0 unspecified atom stereocenters. The van der Waals surface area contributed by atoms with Crippen molar-refractivity contribution in [2.24, 2.45) is 5.92 Å². The highest BCUT2D eigenvalue weighted by atomic mass is 16.6. The van der Waals surface area contributed by atoms with E-state index in [-0.39, 0.29) is 31.4 Å². The first kappa shape index (κ1) is 41.6. The average molecular weight is 788 g/mol. The van der Waals surface area contributed by atoms with Crippen LogP contribution in [0.2, 0.25) is 0 Å². The zero-order chi connectivity index (χ0) is 41.2. The van der Waals surface area contributed by atoms with Gasteiger partial charge in [-0.05, 0) is 67.2 Å². The van der Waals surface area contributed by atoms with Crippen molar-refractivity contribution in [2.75, 3.05) is 55.0 Å². The van der Waals surface area contributed by atoms with Crippen LogP contribution in [0.5, 0.6) is 0 Å². The van der Waals surface area contributed by atoms with E-state index in [1.54, 1.807) is 14.1 Å². The van der Waals surface area contributed by atoms with Gasteiger partial charge >= 0.3 is 12.1 Å². The van der Waals surface area contributed by atoms with Gasteiger partial charge in [-0.25, -0.2) is 4.79 Å². The topological polar surface area (TPSA) is 157 Å². The molecule has 1 N–H and O–H groups in total. The summed E-state index contributed by atoms with van der Waals surface area (Å²) in [7, 11) is 7.58. The molecule has 57 heavy (non-hydrogen) atoms. The minimum Gasteiger partial charge on any atom is -0.481 e. The quantitative estimate of drug-likeness (QED) is 0.297. The van der Waals surface area contributed by atoms with Gasteiger partial charge < -0.3 is 34.2 Å². The molecular formula is C43H57N5O9. The fraction of sp³-hybridized carbons (Fsp3) is 0.581. The highest BCUT2D eigenvalue weighted by molar-refractivity contribution is 5.98. The summed E-state index contributed by atoms with van der Waals surface area (Å²) in [5, 5.41) is 9.64. The van der Waals surface area contributed by atoms with Gasteiger partial charge in [0.1, 0.15) is 30.3 Å². The minimum absolute atomic E-state index is 0.0884. The normalized spacial score (nSPS) is 20.8. The van der Waals surface area contributed by atoms with Crippen molar-refractivity contribution < 1.29 is 43.3 Å². The molecule has 3 fully saturated rings. The van der Waals surface area contributed by atoms with Crippen molar-refractivity contribution in [3.63, 3.8) is 0 Å². The van der Waals surface area contributed by atoms with E-state index >= 15 is 0 Å². The summed E-state index contributed by atoms with van der Waals surface area (Å²) in [6.07, 6.45) is 3.14. The van der Waals surface area contributed by atoms with Crippen LogP contribution in [0.4, 0.5) is 4.79 Å². The molecule has 1 saturated heterocycles. The number of fused-ring (bicyclic) bond motifs is 3. The summed E-state index contributed by atoms with van der Waals surface area (Å²) in [5.74, 6) is -3.45. The summed E-state index contributed by atoms with van der Waals surface area (Å²) in [6, 6.07) is 13.0. The first-order valence-electron chi connectivity index (χ1n) is 20.2. The number of nitrogens with zero attached hydrogens (tertiary/aromatic N) is 5. The van der Waals surface area contributed by atoms with Gasteiger partial charge in [0.15, 0.2) is 0 Å². The second-order valence-corrected chi connectivity index (χ2v) is 16.3. The Labute approximate surface area is 335 Å². The van der Waals surface area contributed by atoms with Crippen LogP contribution in [0.25, 0.3) is 11.1 Å². The molecule has 2 saturated carbocycles. The zero-order valence-electron chi connectivity index (χ0n) is 34.0. The molecule has 308 valence electrons. The summed E-state index contributed by atoms with van der Waals surface area (Å²) >= 11 is 0. The van der Waals surface area contributed by atoms with Gasteiger partial charge in [-0.2, -0.15) is 0 Å². The highest BCUT2D eigenvalue weighted by Crippen LogP contribution is 2.45. The van der Waals surface area contributed by atoms with Gasteiger partial charge in [0.25, 0.3) is 0 Å². The molecule has 0 spiro atoms. The Morgan fingerprint density at radius 2 is 1.44 bits per heavy atom. The Morgan fingerprint density at radius 1 is 0.842 bits per heavy atom. The van der Waals surface area contributed by atoms with Crippen LogP contribution in [0, 0.1) is 5.92 Å². The fourth-order valence-electron chi connectivity index (χ4n) is 9.53. The number of likely N-dealkylation sites (N-methyl/N-ethyl adjacent to an activating group) is 4. The first-order chi connectivity index (χ1) is 27.2. The van der Waals surface area contributed by atoms with Crippen molar-refractivity contribution in [3.8, 4) is 11.1 Å². The second-order valence-electron chi connectivity index (χ2n) is 16.3. The second kappa shape index (κ2) is 17.3. The van der Waals surface area contributed by atoms with Crippen molar-refractivity contribution in [1.82, 2.24) is 24.5 Å². The molecule has 14 heteroatoms. The number of benzene rings is 2. The van der Waals surface area contributed by atoms with E-state index < -0.39 is 71.9 Å². The molecule has 0 aromatic heterocycles. The number of carbonyl (C=O) groups excluding carboxylic acids is 5. The Balaban J connectivity index is 1.22.